The minimum atomic E-state index is -4.95. The van der Waals surface area contributed by atoms with Gasteiger partial charge in [0.1, 0.15) is 19.3 Å². The predicted octanol–water partition coefficient (Wildman–Crippen LogP) is 20.0. The van der Waals surface area contributed by atoms with E-state index in [2.05, 4.69) is 41.5 Å². The molecule has 2 unspecified atom stereocenters. The maximum atomic E-state index is 13.0. The number of rotatable bonds is 69. The Hall–Kier alpha value is -1.94. The molecule has 0 bridgehead atoms. The summed E-state index contributed by atoms with van der Waals surface area (Å²) in [5, 5.41) is 10.6. The Balaban J connectivity index is 5.24. The topological polar surface area (TPSA) is 237 Å². The Bertz CT molecular complexity index is 1730. The first-order chi connectivity index (χ1) is 42.9. The molecule has 0 aromatic heterocycles. The van der Waals surface area contributed by atoms with Crippen LogP contribution < -0.4 is 0 Å². The van der Waals surface area contributed by atoms with Crippen LogP contribution in [-0.4, -0.2) is 96.7 Å². The third-order valence-electron chi connectivity index (χ3n) is 16.2. The lowest BCUT2D eigenvalue weighted by atomic mass is 10.0. The molecule has 0 aromatic rings. The van der Waals surface area contributed by atoms with Crippen LogP contribution >= 0.6 is 15.6 Å². The van der Waals surface area contributed by atoms with Gasteiger partial charge in [-0.05, 0) is 37.5 Å². The summed E-state index contributed by atoms with van der Waals surface area (Å²) in [6.07, 6.45) is 47.1. The summed E-state index contributed by atoms with van der Waals surface area (Å²) in [6.45, 7) is 9.52. The van der Waals surface area contributed by atoms with Crippen LogP contribution in [0.15, 0.2) is 0 Å². The Morgan fingerprint density at radius 2 is 0.517 bits per heavy atom. The third-order valence-corrected chi connectivity index (χ3v) is 18.1. The van der Waals surface area contributed by atoms with Crippen LogP contribution in [0.5, 0.6) is 0 Å². The standard InChI is InChI=1S/C70H136O17P2/c1-7-9-11-13-15-17-19-24-28-35-41-47-53-68(73)81-58-65(86-69(74)54-48-42-36-29-25-22-20-21-23-26-32-38-44-50-62(3)4)60-84-88(76,77)82-56-64(71)57-83-89(78,79)85-61-66(59-80-67(72)52-46-40-34-27-18-16-14-12-10-8-2)87-70(75)55-49-43-37-31-30-33-39-45-51-63(5)6/h62-66,71H,7-61H2,1-6H3,(H,76,77)(H,78,79)/t64-,65-,66-/m1/s1. The summed E-state index contributed by atoms with van der Waals surface area (Å²) in [4.78, 5) is 72.5. The highest BCUT2D eigenvalue weighted by molar-refractivity contribution is 7.47. The highest BCUT2D eigenvalue weighted by Crippen LogP contribution is 2.45. The molecule has 19 heteroatoms. The van der Waals surface area contributed by atoms with Gasteiger partial charge in [0.05, 0.1) is 26.4 Å². The molecule has 0 saturated heterocycles. The summed E-state index contributed by atoms with van der Waals surface area (Å²) in [7, 11) is -9.90. The molecule has 0 aliphatic carbocycles. The van der Waals surface area contributed by atoms with E-state index in [-0.39, 0.29) is 25.7 Å². The van der Waals surface area contributed by atoms with E-state index in [1.807, 2.05) is 0 Å². The molecule has 5 atom stereocenters. The Morgan fingerprint density at radius 1 is 0.303 bits per heavy atom. The maximum absolute atomic E-state index is 13.0. The van der Waals surface area contributed by atoms with Gasteiger partial charge in [-0.3, -0.25) is 37.3 Å². The first-order valence-corrected chi connectivity index (χ1v) is 39.5. The second-order valence-corrected chi connectivity index (χ2v) is 29.1. The number of phosphoric acid groups is 2. The van der Waals surface area contributed by atoms with Crippen molar-refractivity contribution >= 4 is 39.5 Å². The van der Waals surface area contributed by atoms with Crippen LogP contribution in [0.4, 0.5) is 0 Å². The largest absolute Gasteiger partial charge is 0.472 e. The third kappa shape index (κ3) is 64.6. The highest BCUT2D eigenvalue weighted by atomic mass is 31.2. The van der Waals surface area contributed by atoms with Gasteiger partial charge >= 0.3 is 39.5 Å². The van der Waals surface area contributed by atoms with Crippen molar-refractivity contribution in [1.82, 2.24) is 0 Å². The minimum absolute atomic E-state index is 0.105. The molecule has 17 nitrogen and oxygen atoms in total. The summed E-state index contributed by atoms with van der Waals surface area (Å²) >= 11 is 0. The van der Waals surface area contributed by atoms with E-state index >= 15 is 0 Å². The zero-order valence-corrected chi connectivity index (χ0v) is 59.5. The first-order valence-electron chi connectivity index (χ1n) is 36.5. The maximum Gasteiger partial charge on any atom is 0.472 e. The number of hydrogen-bond donors (Lipinski definition) is 3. The fourth-order valence-electron chi connectivity index (χ4n) is 10.6. The molecule has 0 spiro atoms. The van der Waals surface area contributed by atoms with Crippen LogP contribution in [0.25, 0.3) is 0 Å². The van der Waals surface area contributed by atoms with Crippen molar-refractivity contribution in [3.05, 3.63) is 0 Å². The van der Waals surface area contributed by atoms with Crippen LogP contribution in [0.2, 0.25) is 0 Å². The van der Waals surface area contributed by atoms with Crippen LogP contribution in [-0.2, 0) is 65.4 Å². The van der Waals surface area contributed by atoms with E-state index in [1.54, 1.807) is 0 Å². The van der Waals surface area contributed by atoms with Gasteiger partial charge in [0.25, 0.3) is 0 Å². The van der Waals surface area contributed by atoms with Crippen molar-refractivity contribution in [2.24, 2.45) is 11.8 Å². The van der Waals surface area contributed by atoms with E-state index in [1.165, 1.54) is 173 Å². The van der Waals surface area contributed by atoms with Crippen molar-refractivity contribution in [1.29, 1.82) is 0 Å². The van der Waals surface area contributed by atoms with Gasteiger partial charge in [-0.2, -0.15) is 0 Å². The van der Waals surface area contributed by atoms with Gasteiger partial charge in [0, 0.05) is 25.7 Å². The van der Waals surface area contributed by atoms with E-state index in [0.29, 0.717) is 25.7 Å². The van der Waals surface area contributed by atoms with E-state index in [0.717, 1.165) is 102 Å². The molecule has 89 heavy (non-hydrogen) atoms. The molecule has 0 aromatic carbocycles. The number of esters is 4. The molecular weight excluding hydrogens is 1170 g/mol. The number of aliphatic hydroxyl groups is 1. The van der Waals surface area contributed by atoms with Gasteiger partial charge < -0.3 is 33.8 Å². The molecule has 0 rings (SSSR count). The molecular formula is C70H136O17P2. The molecule has 0 heterocycles. The van der Waals surface area contributed by atoms with E-state index in [9.17, 15) is 43.2 Å². The van der Waals surface area contributed by atoms with Gasteiger partial charge in [-0.1, -0.05) is 305 Å². The smallest absolute Gasteiger partial charge is 0.462 e. The number of unbranched alkanes of at least 4 members (excludes halogenated alkanes) is 39. The molecule has 0 saturated carbocycles. The Labute approximate surface area is 543 Å². The highest BCUT2D eigenvalue weighted by Gasteiger charge is 2.30. The Morgan fingerprint density at radius 3 is 0.764 bits per heavy atom. The van der Waals surface area contributed by atoms with Crippen LogP contribution in [0.1, 0.15) is 356 Å². The summed E-state index contributed by atoms with van der Waals surface area (Å²) in [5.74, 6) is -0.619. The van der Waals surface area contributed by atoms with Gasteiger partial charge in [-0.15, -0.1) is 0 Å². The SMILES string of the molecule is CCCCCCCCCCCCCCC(=O)OC[C@H](COP(=O)(O)OC[C@@H](O)COP(=O)(O)OC[C@@H](COC(=O)CCCCCCCCCCCC)OC(=O)CCCCCCCCCCC(C)C)OC(=O)CCCCCCCCCCCCCCCC(C)C. The molecule has 0 fully saturated rings. The summed E-state index contributed by atoms with van der Waals surface area (Å²) in [5.41, 5.74) is 0. The van der Waals surface area contributed by atoms with Crippen molar-refractivity contribution in [2.45, 2.75) is 374 Å². The average Bonchev–Trinajstić information content (AvgIpc) is 3.70. The summed E-state index contributed by atoms with van der Waals surface area (Å²) < 4.78 is 68.3. The lowest BCUT2D eigenvalue weighted by Crippen LogP contribution is -2.30. The number of aliphatic hydroxyl groups excluding tert-OH is 1. The molecule has 3 N–H and O–H groups in total. The molecule has 528 valence electrons. The second-order valence-electron chi connectivity index (χ2n) is 26.2. The molecule has 0 aliphatic heterocycles. The average molecular weight is 1310 g/mol. The van der Waals surface area contributed by atoms with Crippen molar-refractivity contribution in [3.8, 4) is 0 Å². The van der Waals surface area contributed by atoms with Crippen molar-refractivity contribution < 1.29 is 80.2 Å². The number of ether oxygens (including phenoxy) is 4. The van der Waals surface area contributed by atoms with Gasteiger partial charge in [0.15, 0.2) is 12.2 Å². The van der Waals surface area contributed by atoms with Crippen LogP contribution in [0, 0.1) is 11.8 Å². The first kappa shape index (κ1) is 87.1. The lowest BCUT2D eigenvalue weighted by Gasteiger charge is -2.21. The number of carbonyl (C=O) groups excluding carboxylic acids is 4. The van der Waals surface area contributed by atoms with Gasteiger partial charge in [-0.25, -0.2) is 9.13 Å². The van der Waals surface area contributed by atoms with Crippen molar-refractivity contribution in [3.63, 3.8) is 0 Å². The van der Waals surface area contributed by atoms with Crippen molar-refractivity contribution in [2.75, 3.05) is 39.6 Å². The molecule has 0 radical (unpaired) electrons. The Kier molecular flexibility index (Phi) is 60.8. The lowest BCUT2D eigenvalue weighted by molar-refractivity contribution is -0.161. The second kappa shape index (κ2) is 62.2. The van der Waals surface area contributed by atoms with E-state index < -0.39 is 97.5 Å². The summed E-state index contributed by atoms with van der Waals surface area (Å²) in [6, 6.07) is 0. The fourth-order valence-corrected chi connectivity index (χ4v) is 12.2. The quantitative estimate of drug-likeness (QED) is 0.0222. The minimum Gasteiger partial charge on any atom is -0.462 e. The monoisotopic (exact) mass is 1310 g/mol. The normalized spacial score (nSPS) is 14.1. The number of carbonyl (C=O) groups is 4. The van der Waals surface area contributed by atoms with E-state index in [4.69, 9.17) is 37.0 Å². The van der Waals surface area contributed by atoms with Gasteiger partial charge in [0.2, 0.25) is 0 Å². The van der Waals surface area contributed by atoms with Crippen LogP contribution in [0.3, 0.4) is 0 Å². The zero-order valence-electron chi connectivity index (χ0n) is 57.7. The molecule has 0 aliphatic rings. The molecule has 0 amide bonds. The number of phosphoric ester groups is 2. The predicted molar refractivity (Wildman–Crippen MR) is 358 cm³/mol. The number of hydrogen-bond acceptors (Lipinski definition) is 15. The zero-order chi connectivity index (χ0) is 65.7. The fraction of sp³-hybridized carbons (Fsp3) is 0.943.